The summed E-state index contributed by atoms with van der Waals surface area (Å²) >= 11 is 11.7. The standard InChI is InChI=1S/C29H38Cl2F4N4O3/c1-16-5-4-8-23(22-13-17(11-12-36-22)18-6-2-3-7-21(18)37-28(16)42)39(25(41)14-30)15-24(40)38-27-19(29(33,34)35)9-10-20(31)26(27)32/h9-10,16-18,21-23,36H,2-8,11-15H2,1H3,(H,37,42)(H,38,40)/t16-,17?,18?,21?,22?,23+/m1/s1. The van der Waals surface area contributed by atoms with Crippen LogP contribution in [-0.2, 0) is 20.6 Å². The number of fused-ring (bicyclic) bond motifs is 4. The van der Waals surface area contributed by atoms with E-state index in [0.717, 1.165) is 38.2 Å². The number of nitrogens with one attached hydrogen (secondary N) is 3. The summed E-state index contributed by atoms with van der Waals surface area (Å²) in [6.45, 7) is 1.95. The predicted molar refractivity (Wildman–Crippen MR) is 153 cm³/mol. The molecule has 13 heteroatoms. The smallest absolute Gasteiger partial charge is 0.353 e. The van der Waals surface area contributed by atoms with E-state index in [1.54, 1.807) is 0 Å². The zero-order chi connectivity index (χ0) is 30.6. The quantitative estimate of drug-likeness (QED) is 0.284. The maximum atomic E-state index is 14.7. The van der Waals surface area contributed by atoms with Gasteiger partial charge in [-0.2, -0.15) is 13.2 Å². The number of hydrogen-bond donors (Lipinski definition) is 3. The van der Waals surface area contributed by atoms with E-state index in [2.05, 4.69) is 10.6 Å². The molecule has 1 aromatic carbocycles. The maximum Gasteiger partial charge on any atom is 0.418 e. The van der Waals surface area contributed by atoms with E-state index >= 15 is 0 Å². The molecule has 3 N–H and O–H groups in total. The van der Waals surface area contributed by atoms with Gasteiger partial charge in [0.05, 0.1) is 16.3 Å². The number of carbonyl (C=O) groups excluding carboxylic acids is 3. The number of anilines is 1. The molecule has 2 saturated heterocycles. The molecule has 3 amide bonds. The molecule has 2 aliphatic heterocycles. The highest BCUT2D eigenvalue weighted by atomic mass is 35.5. The molecule has 3 fully saturated rings. The lowest BCUT2D eigenvalue weighted by Crippen LogP contribution is -2.58. The number of rotatable bonds is 5. The predicted octanol–water partition coefficient (Wildman–Crippen LogP) is 5.74. The summed E-state index contributed by atoms with van der Waals surface area (Å²) in [5.41, 5.74) is -2.47. The van der Waals surface area contributed by atoms with Crippen LogP contribution in [0.1, 0.15) is 70.3 Å². The molecular weight excluding hydrogens is 599 g/mol. The van der Waals surface area contributed by atoms with Crippen LogP contribution in [0.5, 0.6) is 0 Å². The minimum absolute atomic E-state index is 0.0200. The molecule has 7 nitrogen and oxygen atoms in total. The van der Waals surface area contributed by atoms with Crippen molar-refractivity contribution in [1.82, 2.24) is 15.5 Å². The van der Waals surface area contributed by atoms with Gasteiger partial charge in [0, 0.05) is 24.0 Å². The van der Waals surface area contributed by atoms with E-state index in [-0.39, 0.29) is 29.8 Å². The van der Waals surface area contributed by atoms with Crippen LogP contribution >= 0.6 is 23.2 Å². The largest absolute Gasteiger partial charge is 0.418 e. The topological polar surface area (TPSA) is 90.5 Å². The first-order chi connectivity index (χ1) is 19.9. The van der Waals surface area contributed by atoms with E-state index in [1.165, 1.54) is 4.90 Å². The summed E-state index contributed by atoms with van der Waals surface area (Å²) in [4.78, 5) is 40.7. The summed E-state index contributed by atoms with van der Waals surface area (Å²) in [7, 11) is 0. The van der Waals surface area contributed by atoms with Gasteiger partial charge >= 0.3 is 6.18 Å². The van der Waals surface area contributed by atoms with Gasteiger partial charge in [0.25, 0.3) is 0 Å². The molecular formula is C29H38Cl2F4N4O3. The highest BCUT2D eigenvalue weighted by Gasteiger charge is 2.41. The van der Waals surface area contributed by atoms with Crippen LogP contribution in [0, 0.1) is 23.6 Å². The van der Waals surface area contributed by atoms with Crippen LogP contribution in [0.2, 0.25) is 5.02 Å². The van der Waals surface area contributed by atoms with Crippen molar-refractivity contribution in [2.24, 2.45) is 17.8 Å². The Morgan fingerprint density at radius 2 is 1.81 bits per heavy atom. The Kier molecular flexibility index (Phi) is 11.0. The number of benzene rings is 1. The Hall–Kier alpha value is -2.11. The molecule has 0 spiro atoms. The summed E-state index contributed by atoms with van der Waals surface area (Å²) in [5.74, 6) is -3.05. The van der Waals surface area contributed by atoms with Gasteiger partial charge in [0.2, 0.25) is 17.7 Å². The number of alkyl halides is 4. The number of amides is 3. The lowest BCUT2D eigenvalue weighted by molar-refractivity contribution is -0.138. The van der Waals surface area contributed by atoms with Crippen molar-refractivity contribution in [2.75, 3.05) is 24.3 Å². The minimum atomic E-state index is -4.95. The normalized spacial score (nSPS) is 28.9. The van der Waals surface area contributed by atoms with Crippen molar-refractivity contribution >= 4 is 46.6 Å². The second-order valence-electron chi connectivity index (χ2n) is 11.8. The van der Waals surface area contributed by atoms with E-state index in [4.69, 9.17) is 23.2 Å². The minimum Gasteiger partial charge on any atom is -0.353 e. The summed E-state index contributed by atoms with van der Waals surface area (Å²) in [6.07, 6.45) is 2.34. The average Bonchev–Trinajstić information content (AvgIpc) is 2.95. The van der Waals surface area contributed by atoms with Gasteiger partial charge in [-0.1, -0.05) is 37.8 Å². The van der Waals surface area contributed by atoms with Crippen molar-refractivity contribution in [3.05, 3.63) is 28.5 Å². The zero-order valence-corrected chi connectivity index (χ0v) is 25.1. The number of piperidine rings is 1. The van der Waals surface area contributed by atoms with Gasteiger partial charge < -0.3 is 20.9 Å². The van der Waals surface area contributed by atoms with Crippen molar-refractivity contribution in [1.29, 1.82) is 0 Å². The molecule has 0 aromatic heterocycles. The highest BCUT2D eigenvalue weighted by molar-refractivity contribution is 6.31. The van der Waals surface area contributed by atoms with Crippen molar-refractivity contribution in [3.63, 3.8) is 0 Å². The van der Waals surface area contributed by atoms with Gasteiger partial charge in [0.15, 0.2) is 5.82 Å². The van der Waals surface area contributed by atoms with Gasteiger partial charge in [-0.25, -0.2) is 4.39 Å². The van der Waals surface area contributed by atoms with Crippen LogP contribution in [0.15, 0.2) is 12.1 Å². The summed E-state index contributed by atoms with van der Waals surface area (Å²) < 4.78 is 55.5. The molecule has 1 aromatic rings. The third-order valence-electron chi connectivity index (χ3n) is 9.09. The van der Waals surface area contributed by atoms with Crippen LogP contribution in [0.3, 0.4) is 0 Å². The third-order valence-corrected chi connectivity index (χ3v) is 9.61. The second kappa shape index (κ2) is 14.1. The Bertz CT molecular complexity index is 1150. The van der Waals surface area contributed by atoms with Gasteiger partial charge in [-0.05, 0) is 69.0 Å². The Balaban J connectivity index is 1.62. The fourth-order valence-electron chi connectivity index (χ4n) is 6.94. The van der Waals surface area contributed by atoms with E-state index in [1.807, 2.05) is 12.2 Å². The van der Waals surface area contributed by atoms with Crippen LogP contribution in [0.4, 0.5) is 23.2 Å². The van der Waals surface area contributed by atoms with Crippen LogP contribution < -0.4 is 16.0 Å². The van der Waals surface area contributed by atoms with Crippen molar-refractivity contribution in [2.45, 2.75) is 89.0 Å². The van der Waals surface area contributed by atoms with Crippen LogP contribution in [0.25, 0.3) is 0 Å². The lowest BCUT2D eigenvalue weighted by Gasteiger charge is -2.46. The molecule has 3 aliphatic rings. The first-order valence-corrected chi connectivity index (χ1v) is 15.6. The number of carbonyl (C=O) groups is 3. The lowest BCUT2D eigenvalue weighted by atomic mass is 9.70. The zero-order valence-electron chi connectivity index (χ0n) is 23.5. The molecule has 1 saturated carbocycles. The van der Waals surface area contributed by atoms with E-state index in [9.17, 15) is 31.9 Å². The monoisotopic (exact) mass is 636 g/mol. The fourth-order valence-corrected chi connectivity index (χ4v) is 7.25. The third kappa shape index (κ3) is 7.69. The van der Waals surface area contributed by atoms with E-state index in [0.29, 0.717) is 44.2 Å². The van der Waals surface area contributed by atoms with Crippen LogP contribution in [-0.4, -0.2) is 59.7 Å². The Labute approximate surface area is 253 Å². The average molecular weight is 638 g/mol. The maximum absolute atomic E-state index is 14.7. The molecule has 4 rings (SSSR count). The first kappa shape index (κ1) is 32.8. The summed E-state index contributed by atoms with van der Waals surface area (Å²) in [6, 6.07) is 0.764. The molecule has 42 heavy (non-hydrogen) atoms. The second-order valence-corrected chi connectivity index (χ2v) is 12.5. The summed E-state index contributed by atoms with van der Waals surface area (Å²) in [5, 5.41) is 8.26. The molecule has 2 heterocycles. The SMILES string of the molecule is C[C@@H]1CCC[C@H](N(CC(=O)Nc2c(C(F)(F)F)ccc(Cl)c2F)C(=O)CCl)C2CC(CCN2)C2CCCCC2NC1=O. The first-order valence-electron chi connectivity index (χ1n) is 14.6. The molecule has 0 radical (unpaired) electrons. The molecule has 234 valence electrons. The van der Waals surface area contributed by atoms with Gasteiger partial charge in [-0.3, -0.25) is 14.4 Å². The van der Waals surface area contributed by atoms with Gasteiger partial charge in [0.1, 0.15) is 12.4 Å². The number of nitrogens with zero attached hydrogens (tertiary/aromatic N) is 1. The Morgan fingerprint density at radius 1 is 1.07 bits per heavy atom. The number of hydrogen-bond acceptors (Lipinski definition) is 4. The highest BCUT2D eigenvalue weighted by Crippen LogP contribution is 2.40. The fraction of sp³-hybridized carbons (Fsp3) is 0.690. The molecule has 6 atom stereocenters. The van der Waals surface area contributed by atoms with Crippen molar-refractivity contribution in [3.8, 4) is 0 Å². The number of halogens is 6. The Morgan fingerprint density at radius 3 is 2.52 bits per heavy atom. The van der Waals surface area contributed by atoms with Crippen molar-refractivity contribution < 1.29 is 31.9 Å². The molecule has 1 aliphatic carbocycles. The molecule has 4 unspecified atom stereocenters. The van der Waals surface area contributed by atoms with Gasteiger partial charge in [-0.15, -0.1) is 11.6 Å². The molecule has 2 bridgehead atoms. The van der Waals surface area contributed by atoms with E-state index < -0.39 is 58.5 Å².